The highest BCUT2D eigenvalue weighted by molar-refractivity contribution is 7.99. The van der Waals surface area contributed by atoms with E-state index in [9.17, 15) is 14.0 Å². The van der Waals surface area contributed by atoms with Gasteiger partial charge in [0.2, 0.25) is 0 Å². The standard InChI is InChI=1S/C29H30FN3O4S/c1-4-21-17-24(15-16-25(21)37-19-26(34)36-5-2)38-27(22-9-7-6-8-10-22)28-31-33(29(35)32(28)3)23-13-11-20(18-30)12-14-23/h6-17,27H,4-5,18-19H2,1-3H3. The first-order chi connectivity index (χ1) is 18.4. The Balaban J connectivity index is 1.68. The molecule has 0 aliphatic carbocycles. The van der Waals surface area contributed by atoms with Crippen LogP contribution in [-0.2, 0) is 29.7 Å². The fourth-order valence-electron chi connectivity index (χ4n) is 3.99. The van der Waals surface area contributed by atoms with E-state index >= 15 is 0 Å². The van der Waals surface area contributed by atoms with Crippen molar-refractivity contribution in [2.45, 2.75) is 37.1 Å². The van der Waals surface area contributed by atoms with Gasteiger partial charge in [0.05, 0.1) is 17.5 Å². The largest absolute Gasteiger partial charge is 0.482 e. The van der Waals surface area contributed by atoms with Crippen LogP contribution in [0.5, 0.6) is 5.75 Å². The van der Waals surface area contributed by atoms with Crippen molar-refractivity contribution in [1.29, 1.82) is 0 Å². The van der Waals surface area contributed by atoms with Gasteiger partial charge in [-0.15, -0.1) is 16.9 Å². The van der Waals surface area contributed by atoms with E-state index in [0.717, 1.165) is 16.0 Å². The van der Waals surface area contributed by atoms with Crippen molar-refractivity contribution in [3.8, 4) is 11.4 Å². The lowest BCUT2D eigenvalue weighted by Gasteiger charge is -2.18. The highest BCUT2D eigenvalue weighted by Gasteiger charge is 2.24. The zero-order chi connectivity index (χ0) is 27.1. The van der Waals surface area contributed by atoms with Crippen molar-refractivity contribution in [3.05, 3.63) is 106 Å². The highest BCUT2D eigenvalue weighted by Crippen LogP contribution is 2.40. The van der Waals surface area contributed by atoms with Gasteiger partial charge in [-0.05, 0) is 60.4 Å². The summed E-state index contributed by atoms with van der Waals surface area (Å²) in [4.78, 5) is 25.9. The van der Waals surface area contributed by atoms with Crippen LogP contribution in [-0.4, -0.2) is 33.5 Å². The smallest absolute Gasteiger partial charge is 0.350 e. The molecule has 4 rings (SSSR count). The number of alkyl halides is 1. The van der Waals surface area contributed by atoms with Crippen LogP contribution in [0.2, 0.25) is 0 Å². The molecule has 0 saturated heterocycles. The zero-order valence-electron chi connectivity index (χ0n) is 21.6. The van der Waals surface area contributed by atoms with E-state index in [-0.39, 0.29) is 17.5 Å². The van der Waals surface area contributed by atoms with Crippen LogP contribution in [0.15, 0.2) is 82.5 Å². The number of carbonyl (C=O) groups excluding carboxylic acids is 1. The third kappa shape index (κ3) is 6.16. The summed E-state index contributed by atoms with van der Waals surface area (Å²) in [6.45, 7) is 3.37. The van der Waals surface area contributed by atoms with Crippen LogP contribution >= 0.6 is 11.8 Å². The average molecular weight is 536 g/mol. The Labute approximate surface area is 225 Å². The lowest BCUT2D eigenvalue weighted by molar-refractivity contribution is -0.145. The summed E-state index contributed by atoms with van der Waals surface area (Å²) in [6, 6.07) is 22.4. The number of benzene rings is 3. The lowest BCUT2D eigenvalue weighted by Crippen LogP contribution is -2.22. The molecule has 0 fully saturated rings. The SMILES string of the molecule is CCOC(=O)COc1ccc(SC(c2ccccc2)c2nn(-c3ccc(CF)cc3)c(=O)n2C)cc1CC. The second-order valence-corrected chi connectivity index (χ2v) is 9.72. The minimum absolute atomic E-state index is 0.147. The summed E-state index contributed by atoms with van der Waals surface area (Å²) >= 11 is 1.57. The maximum atomic E-state index is 13.2. The fraction of sp³-hybridized carbons (Fsp3) is 0.276. The molecule has 1 aromatic heterocycles. The van der Waals surface area contributed by atoms with Gasteiger partial charge in [0.25, 0.3) is 0 Å². The van der Waals surface area contributed by atoms with Gasteiger partial charge in [0.1, 0.15) is 12.4 Å². The van der Waals surface area contributed by atoms with Gasteiger partial charge in [-0.2, -0.15) is 4.68 Å². The van der Waals surface area contributed by atoms with Gasteiger partial charge in [0, 0.05) is 11.9 Å². The lowest BCUT2D eigenvalue weighted by atomic mass is 10.1. The fourth-order valence-corrected chi connectivity index (χ4v) is 5.23. The van der Waals surface area contributed by atoms with Crippen LogP contribution in [0.4, 0.5) is 4.39 Å². The summed E-state index contributed by atoms with van der Waals surface area (Å²) in [5.74, 6) is 0.809. The quantitative estimate of drug-likeness (QED) is 0.188. The molecule has 7 nitrogen and oxygen atoms in total. The van der Waals surface area contributed by atoms with Crippen LogP contribution in [0, 0.1) is 0 Å². The molecular weight excluding hydrogens is 505 g/mol. The van der Waals surface area contributed by atoms with E-state index in [2.05, 4.69) is 0 Å². The van der Waals surface area contributed by atoms with Crippen LogP contribution in [0.3, 0.4) is 0 Å². The summed E-state index contributed by atoms with van der Waals surface area (Å²) in [5, 5.41) is 4.43. The third-order valence-electron chi connectivity index (χ3n) is 6.00. The Hall–Kier alpha value is -3.85. The Morgan fingerprint density at radius 1 is 1.05 bits per heavy atom. The maximum absolute atomic E-state index is 13.2. The molecule has 0 radical (unpaired) electrons. The average Bonchev–Trinajstić information content (AvgIpc) is 3.25. The first-order valence-electron chi connectivity index (χ1n) is 12.4. The number of rotatable bonds is 11. The second-order valence-electron chi connectivity index (χ2n) is 8.54. The second kappa shape index (κ2) is 12.6. The molecule has 0 aliphatic rings. The van der Waals surface area contributed by atoms with Crippen molar-refractivity contribution in [2.75, 3.05) is 13.2 Å². The molecule has 1 unspecified atom stereocenters. The van der Waals surface area contributed by atoms with Crippen molar-refractivity contribution in [1.82, 2.24) is 14.3 Å². The Morgan fingerprint density at radius 2 is 1.79 bits per heavy atom. The molecule has 0 bridgehead atoms. The van der Waals surface area contributed by atoms with Crippen molar-refractivity contribution in [2.24, 2.45) is 7.05 Å². The number of aryl methyl sites for hydroxylation is 1. The molecule has 0 amide bonds. The minimum Gasteiger partial charge on any atom is -0.482 e. The number of hydrogen-bond acceptors (Lipinski definition) is 6. The van der Waals surface area contributed by atoms with Gasteiger partial charge >= 0.3 is 11.7 Å². The van der Waals surface area contributed by atoms with Crippen LogP contribution < -0.4 is 10.4 Å². The number of aromatic nitrogens is 3. The number of hydrogen-bond donors (Lipinski definition) is 0. The summed E-state index contributed by atoms with van der Waals surface area (Å²) in [5.41, 5.74) is 2.77. The molecule has 9 heteroatoms. The molecule has 1 heterocycles. The van der Waals surface area contributed by atoms with Gasteiger partial charge in [-0.25, -0.2) is 14.0 Å². The number of esters is 1. The monoisotopic (exact) mass is 535 g/mol. The molecule has 198 valence electrons. The van der Waals surface area contributed by atoms with Crippen LogP contribution in [0.1, 0.15) is 41.6 Å². The number of carbonyl (C=O) groups is 1. The number of thioether (sulfide) groups is 1. The van der Waals surface area contributed by atoms with E-state index in [0.29, 0.717) is 35.9 Å². The van der Waals surface area contributed by atoms with E-state index in [4.69, 9.17) is 14.6 Å². The Morgan fingerprint density at radius 3 is 2.45 bits per heavy atom. The van der Waals surface area contributed by atoms with Gasteiger partial charge in [-0.3, -0.25) is 4.57 Å². The Bertz CT molecular complexity index is 1430. The molecule has 38 heavy (non-hydrogen) atoms. The number of nitrogens with zero attached hydrogens (tertiary/aromatic N) is 3. The first kappa shape index (κ1) is 27.2. The van der Waals surface area contributed by atoms with Gasteiger partial charge in [0.15, 0.2) is 12.4 Å². The van der Waals surface area contributed by atoms with Crippen molar-refractivity contribution >= 4 is 17.7 Å². The Kier molecular flexibility index (Phi) is 9.02. The van der Waals surface area contributed by atoms with Gasteiger partial charge < -0.3 is 9.47 Å². The summed E-state index contributed by atoms with van der Waals surface area (Å²) in [6.07, 6.45) is 0.713. The van der Waals surface area contributed by atoms with E-state index in [1.807, 2.05) is 55.5 Å². The molecule has 3 aromatic carbocycles. The van der Waals surface area contributed by atoms with E-state index in [1.165, 1.54) is 4.68 Å². The first-order valence-corrected chi connectivity index (χ1v) is 13.3. The molecular formula is C29H30FN3O4S. The highest BCUT2D eigenvalue weighted by atomic mass is 32.2. The number of halogens is 1. The topological polar surface area (TPSA) is 75.3 Å². The molecule has 0 aliphatic heterocycles. The molecule has 0 spiro atoms. The van der Waals surface area contributed by atoms with Crippen molar-refractivity contribution < 1.29 is 18.7 Å². The normalized spacial score (nSPS) is 11.8. The third-order valence-corrected chi connectivity index (χ3v) is 7.25. The molecule has 0 saturated carbocycles. The number of ether oxygens (including phenoxy) is 2. The van der Waals surface area contributed by atoms with E-state index < -0.39 is 12.6 Å². The van der Waals surface area contributed by atoms with Crippen molar-refractivity contribution in [3.63, 3.8) is 0 Å². The predicted octanol–water partition coefficient (Wildman–Crippen LogP) is 5.43. The maximum Gasteiger partial charge on any atom is 0.350 e. The van der Waals surface area contributed by atoms with Gasteiger partial charge in [-0.1, -0.05) is 49.4 Å². The summed E-state index contributed by atoms with van der Waals surface area (Å²) in [7, 11) is 1.71. The molecule has 4 aromatic rings. The zero-order valence-corrected chi connectivity index (χ0v) is 22.4. The molecule has 1 atom stereocenters. The molecule has 0 N–H and O–H groups in total. The van der Waals surface area contributed by atoms with E-state index in [1.54, 1.807) is 54.6 Å². The minimum atomic E-state index is -0.568. The summed E-state index contributed by atoms with van der Waals surface area (Å²) < 4.78 is 26.5. The van der Waals surface area contributed by atoms with Crippen LogP contribution in [0.25, 0.3) is 5.69 Å². The predicted molar refractivity (Wildman–Crippen MR) is 146 cm³/mol.